The van der Waals surface area contributed by atoms with Gasteiger partial charge in [0.2, 0.25) is 5.91 Å². The molecule has 0 spiro atoms. The SMILES string of the molecule is O=C(CSc1nnc2ccc(C(F)(F)F)cn12)Nc1ccccc1C(=O)NC1CCCC1. The van der Waals surface area contributed by atoms with Crippen molar-refractivity contribution in [1.82, 2.24) is 19.9 Å². The smallest absolute Gasteiger partial charge is 0.349 e. The van der Waals surface area contributed by atoms with Crippen LogP contribution in [0.4, 0.5) is 18.9 Å². The zero-order chi connectivity index (χ0) is 22.7. The zero-order valence-electron chi connectivity index (χ0n) is 16.9. The van der Waals surface area contributed by atoms with Crippen molar-refractivity contribution >= 4 is 34.9 Å². The van der Waals surface area contributed by atoms with Crippen LogP contribution >= 0.6 is 11.8 Å². The Morgan fingerprint density at radius 2 is 1.84 bits per heavy atom. The maximum absolute atomic E-state index is 13.0. The Bertz CT molecular complexity index is 1140. The van der Waals surface area contributed by atoms with Gasteiger partial charge in [0, 0.05) is 12.2 Å². The van der Waals surface area contributed by atoms with Gasteiger partial charge >= 0.3 is 6.18 Å². The van der Waals surface area contributed by atoms with Crippen molar-refractivity contribution in [2.75, 3.05) is 11.1 Å². The largest absolute Gasteiger partial charge is 0.417 e. The number of fused-ring (bicyclic) bond motifs is 1. The molecule has 168 valence electrons. The maximum atomic E-state index is 13.0. The topological polar surface area (TPSA) is 88.4 Å². The molecular formula is C21H20F3N5O2S. The Kier molecular flexibility index (Phi) is 6.35. The van der Waals surface area contributed by atoms with Gasteiger partial charge in [-0.05, 0) is 37.1 Å². The highest BCUT2D eigenvalue weighted by Gasteiger charge is 2.31. The summed E-state index contributed by atoms with van der Waals surface area (Å²) in [6.07, 6.45) is 0.460. The Morgan fingerprint density at radius 3 is 2.59 bits per heavy atom. The molecule has 0 radical (unpaired) electrons. The quantitative estimate of drug-likeness (QED) is 0.536. The lowest BCUT2D eigenvalue weighted by atomic mass is 10.1. The van der Waals surface area contributed by atoms with Crippen LogP contribution in [0.1, 0.15) is 41.6 Å². The molecule has 11 heteroatoms. The van der Waals surface area contributed by atoms with E-state index < -0.39 is 17.6 Å². The van der Waals surface area contributed by atoms with E-state index in [1.165, 1.54) is 10.5 Å². The molecule has 0 atom stereocenters. The van der Waals surface area contributed by atoms with E-state index in [0.29, 0.717) is 11.3 Å². The van der Waals surface area contributed by atoms with E-state index in [2.05, 4.69) is 20.8 Å². The molecule has 2 aromatic heterocycles. The Morgan fingerprint density at radius 1 is 1.09 bits per heavy atom. The number of anilines is 1. The molecule has 1 aliphatic carbocycles. The fourth-order valence-electron chi connectivity index (χ4n) is 3.58. The summed E-state index contributed by atoms with van der Waals surface area (Å²) in [5, 5.41) is 13.6. The van der Waals surface area contributed by atoms with E-state index in [0.717, 1.165) is 49.7 Å². The first-order chi connectivity index (χ1) is 15.3. The number of carbonyl (C=O) groups is 2. The molecule has 0 saturated heterocycles. The number of thioether (sulfide) groups is 1. The van der Waals surface area contributed by atoms with Crippen LogP contribution in [0.3, 0.4) is 0 Å². The first-order valence-corrected chi connectivity index (χ1v) is 11.0. The van der Waals surface area contributed by atoms with Gasteiger partial charge in [-0.25, -0.2) is 0 Å². The molecule has 1 aromatic carbocycles. The van der Waals surface area contributed by atoms with Crippen molar-refractivity contribution < 1.29 is 22.8 Å². The van der Waals surface area contributed by atoms with Crippen molar-refractivity contribution in [3.05, 3.63) is 53.7 Å². The fourth-order valence-corrected chi connectivity index (χ4v) is 4.29. The number of pyridine rings is 1. The zero-order valence-corrected chi connectivity index (χ0v) is 17.7. The van der Waals surface area contributed by atoms with Crippen LogP contribution in [-0.4, -0.2) is 38.2 Å². The van der Waals surface area contributed by atoms with Crippen LogP contribution in [0.2, 0.25) is 0 Å². The minimum Gasteiger partial charge on any atom is -0.349 e. The third-order valence-electron chi connectivity index (χ3n) is 5.17. The molecule has 0 aliphatic heterocycles. The van der Waals surface area contributed by atoms with Crippen LogP contribution < -0.4 is 10.6 Å². The highest BCUT2D eigenvalue weighted by molar-refractivity contribution is 7.99. The molecule has 4 rings (SSSR count). The van der Waals surface area contributed by atoms with E-state index in [9.17, 15) is 22.8 Å². The molecule has 1 saturated carbocycles. The second kappa shape index (κ2) is 9.19. The Hall–Kier alpha value is -3.08. The molecule has 7 nitrogen and oxygen atoms in total. The van der Waals surface area contributed by atoms with Gasteiger partial charge in [0.05, 0.1) is 22.6 Å². The number of carbonyl (C=O) groups excluding carboxylic acids is 2. The van der Waals surface area contributed by atoms with Crippen molar-refractivity contribution in [2.24, 2.45) is 0 Å². The van der Waals surface area contributed by atoms with E-state index in [1.807, 2.05) is 0 Å². The lowest BCUT2D eigenvalue weighted by Crippen LogP contribution is -2.33. The van der Waals surface area contributed by atoms with Crippen molar-refractivity contribution in [1.29, 1.82) is 0 Å². The second-order valence-electron chi connectivity index (χ2n) is 7.46. The van der Waals surface area contributed by atoms with E-state index in [-0.39, 0.29) is 28.5 Å². The van der Waals surface area contributed by atoms with Gasteiger partial charge in [-0.2, -0.15) is 13.2 Å². The Labute approximate surface area is 185 Å². The van der Waals surface area contributed by atoms with Gasteiger partial charge in [-0.15, -0.1) is 10.2 Å². The first-order valence-electron chi connectivity index (χ1n) is 10.1. The normalized spacial score (nSPS) is 14.6. The van der Waals surface area contributed by atoms with E-state index >= 15 is 0 Å². The number of amides is 2. The summed E-state index contributed by atoms with van der Waals surface area (Å²) in [6.45, 7) is 0. The number of rotatable bonds is 6. The highest BCUT2D eigenvalue weighted by Crippen LogP contribution is 2.30. The number of alkyl halides is 3. The van der Waals surface area contributed by atoms with E-state index in [1.54, 1.807) is 24.3 Å². The number of hydrogen-bond acceptors (Lipinski definition) is 5. The van der Waals surface area contributed by atoms with Crippen molar-refractivity contribution in [3.63, 3.8) is 0 Å². The van der Waals surface area contributed by atoms with Gasteiger partial charge in [0.25, 0.3) is 5.91 Å². The van der Waals surface area contributed by atoms with Crippen LogP contribution in [-0.2, 0) is 11.0 Å². The van der Waals surface area contributed by atoms with Crippen LogP contribution in [0.15, 0.2) is 47.8 Å². The van der Waals surface area contributed by atoms with Gasteiger partial charge in [-0.3, -0.25) is 14.0 Å². The second-order valence-corrected chi connectivity index (χ2v) is 8.41. The standard InChI is InChI=1S/C21H20F3N5O2S/c22-21(23,24)13-9-10-17-27-28-20(29(17)11-13)32-12-18(30)26-16-8-4-3-7-15(16)19(31)25-14-5-1-2-6-14/h3-4,7-11,14H,1-2,5-6,12H2,(H,25,31)(H,26,30). The molecule has 3 aromatic rings. The number of nitrogens with zero attached hydrogens (tertiary/aromatic N) is 3. The van der Waals surface area contributed by atoms with Crippen LogP contribution in [0.5, 0.6) is 0 Å². The average Bonchev–Trinajstić information content (AvgIpc) is 3.41. The average molecular weight is 463 g/mol. The molecule has 2 heterocycles. The van der Waals surface area contributed by atoms with Crippen LogP contribution in [0, 0.1) is 0 Å². The van der Waals surface area contributed by atoms with Gasteiger partial charge < -0.3 is 10.6 Å². The summed E-state index contributed by atoms with van der Waals surface area (Å²) in [5.41, 5.74) is 0.146. The number of halogens is 3. The summed E-state index contributed by atoms with van der Waals surface area (Å²) >= 11 is 0.953. The predicted molar refractivity (Wildman–Crippen MR) is 114 cm³/mol. The summed E-state index contributed by atoms with van der Waals surface area (Å²) in [6, 6.07) is 8.99. The molecular weight excluding hydrogens is 443 g/mol. The van der Waals surface area contributed by atoms with Gasteiger partial charge in [-0.1, -0.05) is 36.7 Å². The number of hydrogen-bond donors (Lipinski definition) is 2. The minimum atomic E-state index is -4.50. The van der Waals surface area contributed by atoms with Crippen molar-refractivity contribution in [2.45, 2.75) is 43.1 Å². The number of aromatic nitrogens is 3. The highest BCUT2D eigenvalue weighted by atomic mass is 32.2. The summed E-state index contributed by atoms with van der Waals surface area (Å²) in [4.78, 5) is 25.1. The third-order valence-corrected chi connectivity index (χ3v) is 6.11. The number of para-hydroxylation sites is 1. The summed E-state index contributed by atoms with van der Waals surface area (Å²) in [7, 11) is 0. The molecule has 1 fully saturated rings. The molecule has 2 N–H and O–H groups in total. The third kappa shape index (κ3) is 5.04. The molecule has 0 bridgehead atoms. The number of benzene rings is 1. The minimum absolute atomic E-state index is 0.115. The van der Waals surface area contributed by atoms with Gasteiger partial charge in [0.1, 0.15) is 0 Å². The van der Waals surface area contributed by atoms with Gasteiger partial charge in [0.15, 0.2) is 10.8 Å². The lowest BCUT2D eigenvalue weighted by Gasteiger charge is -2.15. The predicted octanol–water partition coefficient (Wildman–Crippen LogP) is 4.15. The molecule has 0 unspecified atom stereocenters. The molecule has 2 amide bonds. The van der Waals surface area contributed by atoms with Crippen molar-refractivity contribution in [3.8, 4) is 0 Å². The van der Waals surface area contributed by atoms with Crippen LogP contribution in [0.25, 0.3) is 5.65 Å². The summed E-state index contributed by atoms with van der Waals surface area (Å²) in [5.74, 6) is -0.779. The first kappa shape index (κ1) is 22.1. The Balaban J connectivity index is 1.42. The monoisotopic (exact) mass is 463 g/mol. The molecule has 32 heavy (non-hydrogen) atoms. The fraction of sp³-hybridized carbons (Fsp3) is 0.333. The number of nitrogens with one attached hydrogen (secondary N) is 2. The summed E-state index contributed by atoms with van der Waals surface area (Å²) < 4.78 is 40.1. The maximum Gasteiger partial charge on any atom is 0.417 e. The molecule has 1 aliphatic rings. The lowest BCUT2D eigenvalue weighted by molar-refractivity contribution is -0.137. The van der Waals surface area contributed by atoms with E-state index in [4.69, 9.17) is 0 Å².